The summed E-state index contributed by atoms with van der Waals surface area (Å²) >= 11 is 3.08. The third-order valence-corrected chi connectivity index (χ3v) is 2.63. The van der Waals surface area contributed by atoms with E-state index < -0.39 is 4.92 Å². The lowest BCUT2D eigenvalue weighted by Crippen LogP contribution is -1.99. The topological polar surface area (TPSA) is 115 Å². The predicted octanol–water partition coefficient (Wildman–Crippen LogP) is 2.48. The van der Waals surface area contributed by atoms with Crippen LogP contribution < -0.4 is 5.43 Å². The summed E-state index contributed by atoms with van der Waals surface area (Å²) in [5, 5.41) is 31.3. The third kappa shape index (κ3) is 3.03. The molecule has 90 valence electrons. The van der Waals surface area contributed by atoms with Crippen LogP contribution in [0.3, 0.4) is 0 Å². The lowest BCUT2D eigenvalue weighted by molar-refractivity contribution is -0.385. The van der Waals surface area contributed by atoms with E-state index in [0.29, 0.717) is 15.7 Å². The quantitative estimate of drug-likeness (QED) is 0.523. The van der Waals surface area contributed by atoms with Gasteiger partial charge in [-0.3, -0.25) is 15.5 Å². The van der Waals surface area contributed by atoms with Crippen molar-refractivity contribution in [2.75, 3.05) is 5.43 Å². The zero-order valence-electron chi connectivity index (χ0n) is 9.14. The molecular weight excluding hydrogens is 302 g/mol. The van der Waals surface area contributed by atoms with Crippen LogP contribution in [0.25, 0.3) is 0 Å². The number of anilines is 1. The van der Waals surface area contributed by atoms with Gasteiger partial charge in [0.1, 0.15) is 12.1 Å². The van der Waals surface area contributed by atoms with Crippen molar-refractivity contribution in [3.8, 4) is 12.1 Å². The molecule has 0 radical (unpaired) electrons. The first-order valence-electron chi connectivity index (χ1n) is 4.58. The number of aryl methyl sites for hydroxylation is 1. The molecule has 1 aromatic rings. The number of hydrogen-bond acceptors (Lipinski definition) is 6. The highest BCUT2D eigenvalue weighted by atomic mass is 79.9. The summed E-state index contributed by atoms with van der Waals surface area (Å²) in [6.07, 6.45) is 0. The lowest BCUT2D eigenvalue weighted by atomic mass is 10.2. The van der Waals surface area contributed by atoms with E-state index in [1.807, 2.05) is 0 Å². The van der Waals surface area contributed by atoms with Gasteiger partial charge in [-0.1, -0.05) is 0 Å². The normalized spacial score (nSPS) is 8.89. The number of hydrazone groups is 1. The first-order valence-corrected chi connectivity index (χ1v) is 5.37. The summed E-state index contributed by atoms with van der Waals surface area (Å²) in [5.74, 6) is 0. The minimum Gasteiger partial charge on any atom is -0.276 e. The van der Waals surface area contributed by atoms with Crippen LogP contribution in [0, 0.1) is 39.7 Å². The average Bonchev–Trinajstić information content (AvgIpc) is 2.32. The molecule has 1 rings (SSSR count). The van der Waals surface area contributed by atoms with E-state index in [1.54, 1.807) is 25.1 Å². The Kier molecular flexibility index (Phi) is 4.35. The number of halogens is 1. The van der Waals surface area contributed by atoms with Crippen LogP contribution in [0.2, 0.25) is 0 Å². The van der Waals surface area contributed by atoms with Gasteiger partial charge >= 0.3 is 0 Å². The summed E-state index contributed by atoms with van der Waals surface area (Å²) in [7, 11) is 0. The molecule has 0 spiro atoms. The number of nitriles is 2. The number of rotatable bonds is 3. The molecule has 0 atom stereocenters. The number of benzene rings is 1. The van der Waals surface area contributed by atoms with E-state index in [0.717, 1.165) is 0 Å². The fourth-order valence-corrected chi connectivity index (χ4v) is 1.72. The minimum absolute atomic E-state index is 0.131. The molecular formula is C10H6BrN5O2. The summed E-state index contributed by atoms with van der Waals surface area (Å²) in [6, 6.07) is 5.97. The average molecular weight is 308 g/mol. The van der Waals surface area contributed by atoms with Crippen LogP contribution in [0.5, 0.6) is 0 Å². The molecule has 0 unspecified atom stereocenters. The second-order valence-electron chi connectivity index (χ2n) is 3.17. The zero-order valence-corrected chi connectivity index (χ0v) is 10.7. The van der Waals surface area contributed by atoms with Crippen LogP contribution in [0.4, 0.5) is 11.4 Å². The number of hydrogen-bond donors (Lipinski definition) is 1. The highest BCUT2D eigenvalue weighted by Gasteiger charge is 2.14. The van der Waals surface area contributed by atoms with Gasteiger partial charge in [0, 0.05) is 6.07 Å². The van der Waals surface area contributed by atoms with E-state index in [2.05, 4.69) is 26.5 Å². The van der Waals surface area contributed by atoms with Crippen molar-refractivity contribution in [1.82, 2.24) is 0 Å². The van der Waals surface area contributed by atoms with E-state index in [1.165, 1.54) is 6.07 Å². The molecule has 0 aromatic heterocycles. The molecule has 0 aliphatic rings. The molecule has 0 aliphatic carbocycles. The van der Waals surface area contributed by atoms with Gasteiger partial charge in [0.2, 0.25) is 5.71 Å². The van der Waals surface area contributed by atoms with Crippen molar-refractivity contribution in [2.24, 2.45) is 5.10 Å². The van der Waals surface area contributed by atoms with Gasteiger partial charge in [-0.05, 0) is 34.5 Å². The Bertz CT molecular complexity index is 596. The lowest BCUT2D eigenvalue weighted by Gasteiger charge is -2.05. The van der Waals surface area contributed by atoms with Crippen LogP contribution in [-0.2, 0) is 0 Å². The number of nitro groups is 1. The van der Waals surface area contributed by atoms with Crippen molar-refractivity contribution >= 4 is 33.0 Å². The molecule has 8 heteroatoms. The molecule has 7 nitrogen and oxygen atoms in total. The van der Waals surface area contributed by atoms with Gasteiger partial charge < -0.3 is 0 Å². The largest absolute Gasteiger partial charge is 0.285 e. The third-order valence-electron chi connectivity index (χ3n) is 1.99. The van der Waals surface area contributed by atoms with E-state index >= 15 is 0 Å². The van der Waals surface area contributed by atoms with Crippen LogP contribution in [0.1, 0.15) is 5.56 Å². The predicted molar refractivity (Wildman–Crippen MR) is 67.8 cm³/mol. The highest BCUT2D eigenvalue weighted by Crippen LogP contribution is 2.30. The van der Waals surface area contributed by atoms with Gasteiger partial charge in [0.05, 0.1) is 15.1 Å². The first kappa shape index (κ1) is 13.6. The number of nitro benzene ring substituents is 1. The maximum atomic E-state index is 10.7. The van der Waals surface area contributed by atoms with E-state index in [9.17, 15) is 10.1 Å². The Balaban J connectivity index is 3.16. The van der Waals surface area contributed by atoms with E-state index in [-0.39, 0.29) is 11.4 Å². The zero-order chi connectivity index (χ0) is 13.7. The summed E-state index contributed by atoms with van der Waals surface area (Å²) in [4.78, 5) is 10.2. The summed E-state index contributed by atoms with van der Waals surface area (Å²) in [6.45, 7) is 1.71. The monoisotopic (exact) mass is 307 g/mol. The Labute approximate surface area is 111 Å². The van der Waals surface area contributed by atoms with Crippen LogP contribution >= 0.6 is 15.9 Å². The Morgan fingerprint density at radius 3 is 2.61 bits per heavy atom. The van der Waals surface area contributed by atoms with Crippen LogP contribution in [0.15, 0.2) is 21.7 Å². The number of nitrogens with one attached hydrogen (secondary N) is 1. The smallest absolute Gasteiger partial charge is 0.276 e. The molecule has 0 saturated carbocycles. The Morgan fingerprint density at radius 1 is 1.50 bits per heavy atom. The van der Waals surface area contributed by atoms with Gasteiger partial charge in [0.15, 0.2) is 0 Å². The Hall–Kier alpha value is -2.45. The maximum Gasteiger partial charge on any atom is 0.285 e. The van der Waals surface area contributed by atoms with Gasteiger partial charge in [-0.15, -0.1) is 0 Å². The molecule has 0 aliphatic heterocycles. The van der Waals surface area contributed by atoms with Crippen molar-refractivity contribution in [3.05, 3.63) is 32.3 Å². The first-order chi connectivity index (χ1) is 8.49. The van der Waals surface area contributed by atoms with E-state index in [4.69, 9.17) is 10.5 Å². The van der Waals surface area contributed by atoms with Gasteiger partial charge in [0.25, 0.3) is 5.69 Å². The summed E-state index contributed by atoms with van der Waals surface area (Å²) < 4.78 is 0.348. The number of nitrogens with zero attached hydrogens (tertiary/aromatic N) is 4. The molecule has 1 N–H and O–H groups in total. The van der Waals surface area contributed by atoms with Gasteiger partial charge in [-0.2, -0.15) is 15.6 Å². The molecule has 0 saturated heterocycles. The minimum atomic E-state index is -0.548. The van der Waals surface area contributed by atoms with Crippen molar-refractivity contribution < 1.29 is 4.92 Å². The van der Waals surface area contributed by atoms with Crippen molar-refractivity contribution in [1.29, 1.82) is 10.5 Å². The SMILES string of the molecule is Cc1cc(Br)c([N+](=O)[O-])cc1NN=C(C#N)C#N. The summed E-state index contributed by atoms with van der Waals surface area (Å²) in [5.41, 5.74) is 3.00. The molecule has 0 amide bonds. The van der Waals surface area contributed by atoms with Crippen LogP contribution in [-0.4, -0.2) is 10.6 Å². The molecule has 0 fully saturated rings. The molecule has 1 aromatic carbocycles. The van der Waals surface area contributed by atoms with Crippen molar-refractivity contribution in [2.45, 2.75) is 6.92 Å². The van der Waals surface area contributed by atoms with Gasteiger partial charge in [-0.25, -0.2) is 0 Å². The fourth-order valence-electron chi connectivity index (χ4n) is 1.11. The standard InChI is InChI=1S/C10H6BrN5O2/c1-6-2-8(11)10(16(17)18)3-9(6)15-14-7(4-12)5-13/h2-3,15H,1H3. The van der Waals surface area contributed by atoms with Crippen molar-refractivity contribution in [3.63, 3.8) is 0 Å². The Morgan fingerprint density at radius 2 is 2.11 bits per heavy atom. The second kappa shape index (κ2) is 5.75. The highest BCUT2D eigenvalue weighted by molar-refractivity contribution is 9.10. The molecule has 0 heterocycles. The maximum absolute atomic E-state index is 10.7. The molecule has 0 bridgehead atoms. The second-order valence-corrected chi connectivity index (χ2v) is 4.03. The fraction of sp³-hybridized carbons (Fsp3) is 0.100. The molecule has 18 heavy (non-hydrogen) atoms.